The van der Waals surface area contributed by atoms with Crippen LogP contribution in [0.3, 0.4) is 0 Å². The van der Waals surface area contributed by atoms with Gasteiger partial charge in [0.2, 0.25) is 10.0 Å². The fraction of sp³-hybridized carbons (Fsp3) is 0.421. The summed E-state index contributed by atoms with van der Waals surface area (Å²) < 4.78 is 68.0. The largest absolute Gasteiger partial charge is 0.484 e. The zero-order valence-electron chi connectivity index (χ0n) is 16.4. The molecule has 7 nitrogen and oxygen atoms in total. The van der Waals surface area contributed by atoms with Gasteiger partial charge in [0.15, 0.2) is 6.61 Å². The second-order valence-electron chi connectivity index (χ2n) is 6.99. The van der Waals surface area contributed by atoms with Crippen LogP contribution in [0.25, 0.3) is 0 Å². The summed E-state index contributed by atoms with van der Waals surface area (Å²) in [5.74, 6) is 0.623. The van der Waals surface area contributed by atoms with E-state index in [1.54, 1.807) is 18.2 Å². The molecule has 1 fully saturated rings. The van der Waals surface area contributed by atoms with Crippen molar-refractivity contribution in [2.45, 2.75) is 17.6 Å². The average Bonchev–Trinajstić information content (AvgIpc) is 2.71. The lowest BCUT2D eigenvalue weighted by Crippen LogP contribution is -2.47. The maximum Gasteiger partial charge on any atom is 0.422 e. The topological polar surface area (TPSA) is 74.8 Å². The van der Waals surface area contributed by atoms with Crippen LogP contribution in [0.5, 0.6) is 5.75 Å². The zero-order valence-corrected chi connectivity index (χ0v) is 17.2. The van der Waals surface area contributed by atoms with Crippen molar-refractivity contribution >= 4 is 15.8 Å². The number of sulfonamides is 1. The lowest BCUT2D eigenvalue weighted by Gasteiger charge is -2.31. The first-order chi connectivity index (χ1) is 14.1. The summed E-state index contributed by atoms with van der Waals surface area (Å²) >= 11 is 0. The molecule has 0 bridgehead atoms. The number of rotatable bonds is 7. The van der Waals surface area contributed by atoms with E-state index < -0.39 is 22.8 Å². The Balaban J connectivity index is 1.54. The number of pyridine rings is 1. The van der Waals surface area contributed by atoms with Crippen LogP contribution in [0.2, 0.25) is 0 Å². The summed E-state index contributed by atoms with van der Waals surface area (Å²) in [6.07, 6.45) is -3.06. The van der Waals surface area contributed by atoms with E-state index in [1.165, 1.54) is 28.7 Å². The first kappa shape index (κ1) is 22.3. The van der Waals surface area contributed by atoms with Crippen molar-refractivity contribution in [2.75, 3.05) is 45.2 Å². The minimum Gasteiger partial charge on any atom is -0.484 e. The second-order valence-corrected chi connectivity index (χ2v) is 8.93. The molecule has 2 aromatic rings. The maximum atomic E-state index is 12.7. The Morgan fingerprint density at radius 2 is 1.73 bits per heavy atom. The molecule has 1 aliphatic rings. The Kier molecular flexibility index (Phi) is 6.84. The highest BCUT2D eigenvalue weighted by Crippen LogP contribution is 2.20. The molecular formula is C19H23F3N4O3S. The van der Waals surface area contributed by atoms with Crippen LogP contribution in [-0.4, -0.2) is 68.6 Å². The molecular weight excluding hydrogens is 421 g/mol. The molecule has 2 heterocycles. The van der Waals surface area contributed by atoms with Crippen molar-refractivity contribution < 1.29 is 26.3 Å². The van der Waals surface area contributed by atoms with Crippen molar-refractivity contribution in [3.8, 4) is 5.75 Å². The van der Waals surface area contributed by atoms with Gasteiger partial charge in [-0.25, -0.2) is 13.4 Å². The lowest BCUT2D eigenvalue weighted by atomic mass is 10.2. The van der Waals surface area contributed by atoms with Crippen LogP contribution < -0.4 is 10.1 Å². The molecule has 0 radical (unpaired) electrons. The van der Waals surface area contributed by atoms with Gasteiger partial charge in [0.1, 0.15) is 16.5 Å². The number of halogens is 3. The predicted octanol–water partition coefficient (Wildman–Crippen LogP) is 2.57. The van der Waals surface area contributed by atoms with Gasteiger partial charge < -0.3 is 15.0 Å². The van der Waals surface area contributed by atoms with Crippen LogP contribution in [0.15, 0.2) is 47.5 Å². The number of nitrogens with zero attached hydrogens (tertiary/aromatic N) is 3. The number of benzene rings is 1. The summed E-state index contributed by atoms with van der Waals surface area (Å²) in [4.78, 5) is 6.38. The number of ether oxygens (including phenoxy) is 1. The highest BCUT2D eigenvalue weighted by Gasteiger charge is 2.28. The molecule has 1 saturated heterocycles. The van der Waals surface area contributed by atoms with Crippen LogP contribution in [-0.2, 0) is 16.6 Å². The number of aromatic nitrogens is 1. The maximum absolute atomic E-state index is 12.7. The fourth-order valence-electron chi connectivity index (χ4n) is 2.88. The predicted molar refractivity (Wildman–Crippen MR) is 106 cm³/mol. The van der Waals surface area contributed by atoms with Gasteiger partial charge in [-0.3, -0.25) is 0 Å². The molecule has 1 aromatic heterocycles. The number of hydrogen-bond donors (Lipinski definition) is 1. The normalized spacial score (nSPS) is 16.4. The summed E-state index contributed by atoms with van der Waals surface area (Å²) in [5, 5.41) is 3.05. The Hall–Kier alpha value is -2.37. The van der Waals surface area contributed by atoms with Crippen LogP contribution in [0.4, 0.5) is 19.0 Å². The van der Waals surface area contributed by atoms with Gasteiger partial charge in [-0.2, -0.15) is 17.5 Å². The van der Waals surface area contributed by atoms with Crippen LogP contribution in [0, 0.1) is 0 Å². The molecule has 1 aliphatic heterocycles. The summed E-state index contributed by atoms with van der Waals surface area (Å²) in [6, 6.07) is 9.31. The molecule has 3 rings (SSSR count). The quantitative estimate of drug-likeness (QED) is 0.708. The molecule has 0 aliphatic carbocycles. The number of piperazine rings is 1. The molecule has 0 spiro atoms. The van der Waals surface area contributed by atoms with Crippen LogP contribution >= 0.6 is 0 Å². The molecule has 164 valence electrons. The molecule has 0 saturated carbocycles. The number of nitrogens with one attached hydrogen (secondary N) is 1. The number of alkyl halides is 3. The van der Waals surface area contributed by atoms with Crippen molar-refractivity contribution in [3.63, 3.8) is 0 Å². The van der Waals surface area contributed by atoms with Crippen molar-refractivity contribution in [2.24, 2.45) is 0 Å². The third-order valence-corrected chi connectivity index (χ3v) is 6.52. The highest BCUT2D eigenvalue weighted by atomic mass is 32.2. The van der Waals surface area contributed by atoms with Gasteiger partial charge >= 0.3 is 6.18 Å². The van der Waals surface area contributed by atoms with Crippen LogP contribution in [0.1, 0.15) is 5.56 Å². The Morgan fingerprint density at radius 3 is 2.30 bits per heavy atom. The molecule has 30 heavy (non-hydrogen) atoms. The Bertz CT molecular complexity index is 927. The minimum atomic E-state index is -4.38. The first-order valence-electron chi connectivity index (χ1n) is 9.31. The van der Waals surface area contributed by atoms with Crippen molar-refractivity contribution in [1.82, 2.24) is 14.2 Å². The molecule has 0 unspecified atom stereocenters. The Morgan fingerprint density at radius 1 is 1.07 bits per heavy atom. The number of anilines is 1. The summed E-state index contributed by atoms with van der Waals surface area (Å²) in [7, 11) is -1.61. The number of likely N-dealkylation sites (N-methyl/N-ethyl adjacent to an activating group) is 1. The average molecular weight is 444 g/mol. The van der Waals surface area contributed by atoms with Gasteiger partial charge in [-0.1, -0.05) is 12.1 Å². The third-order valence-electron chi connectivity index (χ3n) is 4.64. The van der Waals surface area contributed by atoms with E-state index >= 15 is 0 Å². The lowest BCUT2D eigenvalue weighted by molar-refractivity contribution is -0.153. The Labute approximate surface area is 173 Å². The van der Waals surface area contributed by atoms with Gasteiger partial charge in [-0.15, -0.1) is 0 Å². The summed E-state index contributed by atoms with van der Waals surface area (Å²) in [5.41, 5.74) is 0.810. The van der Waals surface area contributed by atoms with E-state index in [0.717, 1.165) is 5.56 Å². The number of hydrogen-bond acceptors (Lipinski definition) is 6. The smallest absolute Gasteiger partial charge is 0.422 e. The molecule has 0 atom stereocenters. The van der Waals surface area contributed by atoms with Gasteiger partial charge in [0, 0.05) is 38.9 Å². The molecule has 11 heteroatoms. The van der Waals surface area contributed by atoms with E-state index in [2.05, 4.69) is 19.9 Å². The first-order valence-corrected chi connectivity index (χ1v) is 10.7. The van der Waals surface area contributed by atoms with E-state index in [9.17, 15) is 21.6 Å². The van der Waals surface area contributed by atoms with Crippen molar-refractivity contribution in [3.05, 3.63) is 48.2 Å². The minimum absolute atomic E-state index is 0.132. The molecule has 1 N–H and O–H groups in total. The second kappa shape index (κ2) is 9.19. The fourth-order valence-corrected chi connectivity index (χ4v) is 4.24. The van der Waals surface area contributed by atoms with E-state index in [-0.39, 0.29) is 10.6 Å². The summed E-state index contributed by atoms with van der Waals surface area (Å²) in [6.45, 7) is 1.30. The monoisotopic (exact) mass is 444 g/mol. The van der Waals surface area contributed by atoms with E-state index in [1.807, 2.05) is 7.05 Å². The third kappa shape index (κ3) is 6.07. The molecule has 0 amide bonds. The van der Waals surface area contributed by atoms with Crippen molar-refractivity contribution in [1.29, 1.82) is 0 Å². The van der Waals surface area contributed by atoms with E-state index in [4.69, 9.17) is 0 Å². The molecule has 1 aromatic carbocycles. The highest BCUT2D eigenvalue weighted by molar-refractivity contribution is 7.89. The zero-order chi connectivity index (χ0) is 21.8. The van der Waals surface area contributed by atoms with Gasteiger partial charge in [-0.05, 0) is 36.9 Å². The van der Waals surface area contributed by atoms with E-state index in [0.29, 0.717) is 38.5 Å². The van der Waals surface area contributed by atoms with Gasteiger partial charge in [0.25, 0.3) is 0 Å². The van der Waals surface area contributed by atoms with Gasteiger partial charge in [0.05, 0.1) is 0 Å². The SMILES string of the molecule is CN1CCN(S(=O)(=O)c2ccc(NCc3ccc(OCC(F)(F)F)cc3)nc2)CC1. The standard InChI is InChI=1S/C19H23F3N4O3S/c1-25-8-10-26(11-9-25)30(27,28)17-6-7-18(24-13-17)23-12-15-2-4-16(5-3-15)29-14-19(20,21)22/h2-7,13H,8-12,14H2,1H3,(H,23,24).